The third-order valence-corrected chi connectivity index (χ3v) is 3.97. The molecule has 9 nitrogen and oxygen atoms in total. The first-order valence-corrected chi connectivity index (χ1v) is 8.58. The van der Waals surface area contributed by atoms with Crippen LogP contribution in [-0.4, -0.2) is 53.8 Å². The third-order valence-electron chi connectivity index (χ3n) is 3.97. The lowest BCUT2D eigenvalue weighted by molar-refractivity contribution is -0.151. The van der Waals surface area contributed by atoms with Gasteiger partial charge < -0.3 is 10.1 Å². The number of carbonyl (C=O) groups is 5. The molecular weight excluding hydrogens is 354 g/mol. The Hall–Kier alpha value is -3.23. The average molecular weight is 375 g/mol. The first kappa shape index (κ1) is 20.1. The van der Waals surface area contributed by atoms with Crippen molar-refractivity contribution in [3.05, 3.63) is 35.4 Å². The van der Waals surface area contributed by atoms with Gasteiger partial charge in [-0.2, -0.15) is 0 Å². The predicted molar refractivity (Wildman–Crippen MR) is 93.8 cm³/mol. The number of esters is 1. The molecule has 1 aliphatic heterocycles. The highest BCUT2D eigenvalue weighted by Gasteiger charge is 2.41. The van der Waals surface area contributed by atoms with E-state index < -0.39 is 42.4 Å². The normalized spacial score (nSPS) is 13.8. The Morgan fingerprint density at radius 1 is 1.11 bits per heavy atom. The summed E-state index contributed by atoms with van der Waals surface area (Å²) in [7, 11) is 0. The molecule has 1 unspecified atom stereocenters. The van der Waals surface area contributed by atoms with Gasteiger partial charge in [-0.1, -0.05) is 25.5 Å². The number of hydrogen-bond acceptors (Lipinski definition) is 6. The van der Waals surface area contributed by atoms with Gasteiger partial charge in [0.15, 0.2) is 6.61 Å². The molecular formula is C18H21N3O6. The van der Waals surface area contributed by atoms with Gasteiger partial charge in [-0.3, -0.25) is 24.6 Å². The number of rotatable bonds is 7. The lowest BCUT2D eigenvalue weighted by Gasteiger charge is -2.20. The van der Waals surface area contributed by atoms with Gasteiger partial charge in [-0.25, -0.2) is 9.59 Å². The summed E-state index contributed by atoms with van der Waals surface area (Å²) in [4.78, 5) is 60.7. The Balaban J connectivity index is 1.86. The Kier molecular flexibility index (Phi) is 6.64. The van der Waals surface area contributed by atoms with Crippen molar-refractivity contribution in [2.24, 2.45) is 0 Å². The smallest absolute Gasteiger partial charge is 0.329 e. The number of imide groups is 2. The SMILES string of the molecule is CCCCNC(=O)NC(=O)COC(=O)C(C)N1C(=O)c2ccccc2C1=O. The maximum absolute atomic E-state index is 12.3. The average Bonchev–Trinajstić information content (AvgIpc) is 2.90. The number of nitrogens with one attached hydrogen (secondary N) is 2. The summed E-state index contributed by atoms with van der Waals surface area (Å²) in [6.07, 6.45) is 1.66. The maximum atomic E-state index is 12.3. The quantitative estimate of drug-likeness (QED) is 0.414. The fourth-order valence-corrected chi connectivity index (χ4v) is 2.51. The Morgan fingerprint density at radius 3 is 2.26 bits per heavy atom. The van der Waals surface area contributed by atoms with Crippen molar-refractivity contribution < 1.29 is 28.7 Å². The van der Waals surface area contributed by atoms with Gasteiger partial charge in [0.2, 0.25) is 0 Å². The molecule has 1 aromatic carbocycles. The topological polar surface area (TPSA) is 122 Å². The molecule has 5 amide bonds. The summed E-state index contributed by atoms with van der Waals surface area (Å²) in [5, 5.41) is 4.50. The molecule has 0 saturated carbocycles. The molecule has 0 bridgehead atoms. The van der Waals surface area contributed by atoms with Crippen molar-refractivity contribution >= 4 is 29.7 Å². The largest absolute Gasteiger partial charge is 0.454 e. The van der Waals surface area contributed by atoms with Crippen LogP contribution in [0.5, 0.6) is 0 Å². The molecule has 0 saturated heterocycles. The van der Waals surface area contributed by atoms with Gasteiger partial charge >= 0.3 is 12.0 Å². The second kappa shape index (κ2) is 8.93. The van der Waals surface area contributed by atoms with Crippen molar-refractivity contribution in [2.45, 2.75) is 32.7 Å². The molecule has 0 aromatic heterocycles. The number of hydrogen-bond donors (Lipinski definition) is 2. The summed E-state index contributed by atoms with van der Waals surface area (Å²) >= 11 is 0. The highest BCUT2D eigenvalue weighted by Crippen LogP contribution is 2.24. The van der Waals surface area contributed by atoms with Crippen molar-refractivity contribution in [2.75, 3.05) is 13.2 Å². The number of amides is 5. The van der Waals surface area contributed by atoms with E-state index in [4.69, 9.17) is 4.74 Å². The van der Waals surface area contributed by atoms with Crippen LogP contribution in [0.2, 0.25) is 0 Å². The molecule has 2 rings (SSSR count). The van der Waals surface area contributed by atoms with Gasteiger partial charge in [0.25, 0.3) is 17.7 Å². The van der Waals surface area contributed by atoms with E-state index in [1.807, 2.05) is 12.2 Å². The number of nitrogens with zero attached hydrogens (tertiary/aromatic N) is 1. The van der Waals surface area contributed by atoms with Crippen LogP contribution in [-0.2, 0) is 14.3 Å². The minimum Gasteiger partial charge on any atom is -0.454 e. The number of benzene rings is 1. The zero-order valence-electron chi connectivity index (χ0n) is 15.1. The Morgan fingerprint density at radius 2 is 1.70 bits per heavy atom. The van der Waals surface area contributed by atoms with Crippen molar-refractivity contribution in [1.29, 1.82) is 0 Å². The first-order valence-electron chi connectivity index (χ1n) is 8.58. The van der Waals surface area contributed by atoms with Crippen molar-refractivity contribution in [1.82, 2.24) is 15.5 Å². The van der Waals surface area contributed by atoms with Crippen LogP contribution in [0.15, 0.2) is 24.3 Å². The van der Waals surface area contributed by atoms with E-state index in [1.54, 1.807) is 12.1 Å². The fourth-order valence-electron chi connectivity index (χ4n) is 2.51. The fraction of sp³-hybridized carbons (Fsp3) is 0.389. The van der Waals surface area contributed by atoms with E-state index in [2.05, 4.69) is 5.32 Å². The van der Waals surface area contributed by atoms with E-state index in [0.29, 0.717) is 6.54 Å². The highest BCUT2D eigenvalue weighted by atomic mass is 16.5. The first-order chi connectivity index (χ1) is 12.9. The molecule has 0 fully saturated rings. The number of unbranched alkanes of at least 4 members (excludes halogenated alkanes) is 1. The van der Waals surface area contributed by atoms with E-state index >= 15 is 0 Å². The Bertz CT molecular complexity index is 741. The van der Waals surface area contributed by atoms with Crippen LogP contribution in [0.1, 0.15) is 47.4 Å². The highest BCUT2D eigenvalue weighted by molar-refractivity contribution is 6.22. The van der Waals surface area contributed by atoms with Gasteiger partial charge in [0.1, 0.15) is 6.04 Å². The molecule has 2 N–H and O–H groups in total. The zero-order chi connectivity index (χ0) is 20.0. The summed E-state index contributed by atoms with van der Waals surface area (Å²) in [5.41, 5.74) is 0.423. The van der Waals surface area contributed by atoms with E-state index in [9.17, 15) is 24.0 Å². The van der Waals surface area contributed by atoms with Crippen molar-refractivity contribution in [3.8, 4) is 0 Å². The molecule has 1 aliphatic rings. The van der Waals surface area contributed by atoms with E-state index in [0.717, 1.165) is 17.7 Å². The molecule has 9 heteroatoms. The zero-order valence-corrected chi connectivity index (χ0v) is 15.1. The number of ether oxygens (including phenoxy) is 1. The van der Waals surface area contributed by atoms with Gasteiger partial charge in [-0.15, -0.1) is 0 Å². The molecule has 0 spiro atoms. The van der Waals surface area contributed by atoms with Crippen LogP contribution in [0.3, 0.4) is 0 Å². The molecule has 27 heavy (non-hydrogen) atoms. The minimum absolute atomic E-state index is 0.212. The van der Waals surface area contributed by atoms with Crippen LogP contribution >= 0.6 is 0 Å². The number of fused-ring (bicyclic) bond motifs is 1. The molecule has 1 atom stereocenters. The molecule has 144 valence electrons. The third kappa shape index (κ3) is 4.69. The standard InChI is InChI=1S/C18H21N3O6/c1-3-4-9-19-18(26)20-14(22)10-27-17(25)11(2)21-15(23)12-7-5-6-8-13(12)16(21)24/h5-8,11H,3-4,9-10H2,1-2H3,(H2,19,20,22,26). The summed E-state index contributed by atoms with van der Waals surface area (Å²) in [5.74, 6) is -2.93. The second-order valence-electron chi connectivity index (χ2n) is 5.97. The lowest BCUT2D eigenvalue weighted by atomic mass is 10.1. The summed E-state index contributed by atoms with van der Waals surface area (Å²) in [6.45, 7) is 3.01. The second-order valence-corrected chi connectivity index (χ2v) is 5.97. The Labute approximate surface area is 156 Å². The summed E-state index contributed by atoms with van der Waals surface area (Å²) < 4.78 is 4.82. The molecule has 0 aliphatic carbocycles. The van der Waals surface area contributed by atoms with E-state index in [1.165, 1.54) is 19.1 Å². The van der Waals surface area contributed by atoms with Crippen LogP contribution < -0.4 is 10.6 Å². The lowest BCUT2D eigenvalue weighted by Crippen LogP contribution is -2.45. The predicted octanol–water partition coefficient (Wildman–Crippen LogP) is 0.840. The van der Waals surface area contributed by atoms with E-state index in [-0.39, 0.29) is 11.1 Å². The maximum Gasteiger partial charge on any atom is 0.329 e. The molecule has 1 heterocycles. The number of urea groups is 1. The van der Waals surface area contributed by atoms with Gasteiger partial charge in [0, 0.05) is 6.54 Å². The molecule has 0 radical (unpaired) electrons. The van der Waals surface area contributed by atoms with Gasteiger partial charge in [-0.05, 0) is 25.5 Å². The minimum atomic E-state index is -1.21. The van der Waals surface area contributed by atoms with Crippen LogP contribution in [0, 0.1) is 0 Å². The van der Waals surface area contributed by atoms with Crippen molar-refractivity contribution in [3.63, 3.8) is 0 Å². The summed E-state index contributed by atoms with van der Waals surface area (Å²) in [6, 6.07) is 4.34. The van der Waals surface area contributed by atoms with Crippen LogP contribution in [0.4, 0.5) is 4.79 Å². The monoisotopic (exact) mass is 375 g/mol. The molecule has 1 aromatic rings. The van der Waals surface area contributed by atoms with Gasteiger partial charge in [0.05, 0.1) is 11.1 Å². The number of carbonyl (C=O) groups excluding carboxylic acids is 5. The van der Waals surface area contributed by atoms with Crippen LogP contribution in [0.25, 0.3) is 0 Å².